The van der Waals surface area contributed by atoms with Crippen LogP contribution in [-0.2, 0) is 23.7 Å². The van der Waals surface area contributed by atoms with Crippen LogP contribution in [0, 0.1) is 13.8 Å². The summed E-state index contributed by atoms with van der Waals surface area (Å²) in [6.07, 6.45) is 1.87. The van der Waals surface area contributed by atoms with E-state index in [9.17, 15) is 0 Å². The van der Waals surface area contributed by atoms with E-state index >= 15 is 0 Å². The molecule has 14 rings (SSSR count). The second-order valence-electron chi connectivity index (χ2n) is 20.7. The van der Waals surface area contributed by atoms with Gasteiger partial charge in [0.2, 0.25) is 0 Å². The van der Waals surface area contributed by atoms with Gasteiger partial charge >= 0.3 is 0 Å². The fourth-order valence-electron chi connectivity index (χ4n) is 13.4. The summed E-state index contributed by atoms with van der Waals surface area (Å²) in [6.45, 7) is 4.38. The zero-order chi connectivity index (χ0) is 49.4. The zero-order valence-corrected chi connectivity index (χ0v) is 41.8. The topological polar surface area (TPSA) is 0 Å². The Balaban J connectivity index is 0.848. The number of hydrogen-bond donors (Lipinski definition) is 0. The van der Waals surface area contributed by atoms with Gasteiger partial charge in [-0.15, -0.1) is 0 Å². The second kappa shape index (κ2) is 17.4. The number of benzene rings is 12. The van der Waals surface area contributed by atoms with Gasteiger partial charge in [-0.25, -0.2) is 0 Å². The van der Waals surface area contributed by atoms with E-state index in [0.29, 0.717) is 0 Å². The number of fused-ring (bicyclic) bond motifs is 8. The Hall–Kier alpha value is -8.84. The lowest BCUT2D eigenvalue weighted by molar-refractivity contribution is 0.767. The summed E-state index contributed by atoms with van der Waals surface area (Å²) < 4.78 is 0. The van der Waals surface area contributed by atoms with Crippen LogP contribution in [0.4, 0.5) is 0 Å². The molecule has 0 bridgehead atoms. The molecule has 0 heterocycles. The molecule has 0 N–H and O–H groups in total. The summed E-state index contributed by atoms with van der Waals surface area (Å²) in [4.78, 5) is 0. The van der Waals surface area contributed by atoms with Crippen molar-refractivity contribution in [2.24, 2.45) is 0 Å². The third-order valence-electron chi connectivity index (χ3n) is 16.7. The lowest BCUT2D eigenvalue weighted by atomic mass is 9.67. The molecule has 2 aliphatic carbocycles. The second-order valence-corrected chi connectivity index (χ2v) is 20.7. The van der Waals surface area contributed by atoms with Gasteiger partial charge in [0, 0.05) is 0 Å². The van der Waals surface area contributed by atoms with Crippen LogP contribution in [0.1, 0.15) is 66.8 Å². The monoisotopic (exact) mass is 942 g/mol. The van der Waals surface area contributed by atoms with E-state index in [-0.39, 0.29) is 0 Å². The summed E-state index contributed by atoms with van der Waals surface area (Å²) >= 11 is 0. The minimum absolute atomic E-state index is 0.445. The van der Waals surface area contributed by atoms with E-state index in [4.69, 9.17) is 0 Å². The van der Waals surface area contributed by atoms with Crippen molar-refractivity contribution in [2.45, 2.75) is 37.5 Å². The van der Waals surface area contributed by atoms with Crippen LogP contribution in [-0.4, -0.2) is 0 Å². The molecule has 1 unspecified atom stereocenters. The molecule has 2 aliphatic rings. The largest absolute Gasteiger partial charge is 0.0713 e. The molecule has 0 nitrogen and oxygen atoms in total. The standard InChI is InChI=1S/C74H54/c1-49-32-41-57(42-33-49)74(68-28-13-11-24-63(68)64-46-40-54(48-71(64)74)60-26-15-17-52-37-31-50(2)47-67(52)60)58-43-35-51(36-44-58)34-38-53-39-45-62(61-23-10-9-22-59(53)61)65-27-16-30-70-72(65)66-25-12-14-29-69(66)73(70,55-18-5-3-6-19-55)56-20-7-4-8-21-56/h3-33,35-37,39-48H,34,38H2,1-2H3. The highest BCUT2D eigenvalue weighted by atomic mass is 14.5. The van der Waals surface area contributed by atoms with E-state index in [0.717, 1.165) is 12.8 Å². The molecule has 0 radical (unpaired) electrons. The molecule has 350 valence electrons. The molecule has 0 amide bonds. The number of rotatable bonds is 9. The van der Waals surface area contributed by atoms with E-state index in [1.54, 1.807) is 0 Å². The molecule has 74 heavy (non-hydrogen) atoms. The van der Waals surface area contributed by atoms with Gasteiger partial charge in [-0.2, -0.15) is 0 Å². The van der Waals surface area contributed by atoms with Crippen LogP contribution in [0.15, 0.2) is 267 Å². The first-order valence-electron chi connectivity index (χ1n) is 26.3. The first-order valence-corrected chi connectivity index (χ1v) is 26.3. The van der Waals surface area contributed by atoms with E-state index in [1.165, 1.54) is 133 Å². The molecule has 0 fully saturated rings. The number of hydrogen-bond acceptors (Lipinski definition) is 0. The van der Waals surface area contributed by atoms with Gasteiger partial charge in [0.1, 0.15) is 0 Å². The summed E-state index contributed by atoms with van der Waals surface area (Å²) in [5, 5.41) is 5.16. The van der Waals surface area contributed by atoms with Crippen molar-refractivity contribution in [3.8, 4) is 44.5 Å². The Morgan fingerprint density at radius 1 is 0.284 bits per heavy atom. The van der Waals surface area contributed by atoms with Gasteiger partial charge in [0.05, 0.1) is 10.8 Å². The van der Waals surface area contributed by atoms with Gasteiger partial charge in [0.15, 0.2) is 0 Å². The molecule has 0 saturated heterocycles. The van der Waals surface area contributed by atoms with Gasteiger partial charge in [-0.1, -0.05) is 272 Å². The van der Waals surface area contributed by atoms with Crippen molar-refractivity contribution in [1.29, 1.82) is 0 Å². The van der Waals surface area contributed by atoms with Gasteiger partial charge in [-0.3, -0.25) is 0 Å². The van der Waals surface area contributed by atoms with Gasteiger partial charge < -0.3 is 0 Å². The molecular weight excluding hydrogens is 889 g/mol. The Morgan fingerprint density at radius 3 is 1.55 bits per heavy atom. The normalized spacial score (nSPS) is 14.9. The zero-order valence-electron chi connectivity index (χ0n) is 41.8. The molecule has 1 atom stereocenters. The maximum atomic E-state index is 2.50. The van der Waals surface area contributed by atoms with Crippen LogP contribution in [0.3, 0.4) is 0 Å². The fraction of sp³-hybridized carbons (Fsp3) is 0.0811. The highest BCUT2D eigenvalue weighted by molar-refractivity contribution is 6.05. The molecule has 0 saturated carbocycles. The average Bonchev–Trinajstić information content (AvgIpc) is 4.05. The van der Waals surface area contributed by atoms with Gasteiger partial charge in [0.25, 0.3) is 0 Å². The highest BCUT2D eigenvalue weighted by Gasteiger charge is 2.48. The molecule has 0 heteroatoms. The Bertz CT molecular complexity index is 4080. The van der Waals surface area contributed by atoms with Crippen molar-refractivity contribution >= 4 is 21.5 Å². The smallest absolute Gasteiger partial charge is 0.0622 e. The predicted molar refractivity (Wildman–Crippen MR) is 310 cm³/mol. The lowest BCUT2D eigenvalue weighted by Gasteiger charge is -2.34. The van der Waals surface area contributed by atoms with Crippen molar-refractivity contribution in [3.63, 3.8) is 0 Å². The minimum Gasteiger partial charge on any atom is -0.0622 e. The average molecular weight is 943 g/mol. The quantitative estimate of drug-likeness (QED) is 0.135. The first-order chi connectivity index (χ1) is 36.5. The molecule has 12 aromatic carbocycles. The van der Waals surface area contributed by atoms with Crippen molar-refractivity contribution in [1.82, 2.24) is 0 Å². The molecule has 12 aromatic rings. The van der Waals surface area contributed by atoms with E-state index in [1.807, 2.05) is 0 Å². The molecule has 0 aromatic heterocycles. The summed E-state index contributed by atoms with van der Waals surface area (Å²) in [5.74, 6) is 0. The summed E-state index contributed by atoms with van der Waals surface area (Å²) in [7, 11) is 0. The maximum Gasteiger partial charge on any atom is 0.0713 e. The third-order valence-corrected chi connectivity index (χ3v) is 16.7. The van der Waals surface area contributed by atoms with Crippen LogP contribution in [0.25, 0.3) is 66.1 Å². The first kappa shape index (κ1) is 43.9. The fourth-order valence-corrected chi connectivity index (χ4v) is 13.4. The third kappa shape index (κ3) is 6.61. The summed E-state index contributed by atoms with van der Waals surface area (Å²) in [6, 6.07) is 101. The van der Waals surface area contributed by atoms with E-state index < -0.39 is 10.8 Å². The molecule has 0 spiro atoms. The van der Waals surface area contributed by atoms with Crippen LogP contribution in [0.2, 0.25) is 0 Å². The maximum absolute atomic E-state index is 2.50. The van der Waals surface area contributed by atoms with Crippen LogP contribution >= 0.6 is 0 Å². The Kier molecular flexibility index (Phi) is 10.3. The summed E-state index contributed by atoms with van der Waals surface area (Å²) in [5.41, 5.74) is 25.1. The van der Waals surface area contributed by atoms with Crippen molar-refractivity contribution in [3.05, 3.63) is 334 Å². The number of aryl methyl sites for hydroxylation is 4. The van der Waals surface area contributed by atoms with E-state index in [2.05, 4.69) is 281 Å². The SMILES string of the molecule is Cc1ccc(C2(c3ccc(CCc4ccc(-c5cccc6c5-c5ccccc5C6(c5ccccc5)c5ccccc5)c5ccccc45)cc3)c3ccccc3-c3ccc(-c4cccc5ccc(C)cc45)cc32)cc1. The van der Waals surface area contributed by atoms with Crippen LogP contribution < -0.4 is 0 Å². The lowest BCUT2D eigenvalue weighted by Crippen LogP contribution is -2.28. The minimum atomic E-state index is -0.499. The Labute approximate surface area is 434 Å². The molecule has 0 aliphatic heterocycles. The molecular formula is C74H54. The van der Waals surface area contributed by atoms with Crippen LogP contribution in [0.5, 0.6) is 0 Å². The van der Waals surface area contributed by atoms with Crippen molar-refractivity contribution < 1.29 is 0 Å². The van der Waals surface area contributed by atoms with Crippen molar-refractivity contribution in [2.75, 3.05) is 0 Å². The Morgan fingerprint density at radius 2 is 0.811 bits per heavy atom. The highest BCUT2D eigenvalue weighted by Crippen LogP contribution is 2.60. The predicted octanol–water partition coefficient (Wildman–Crippen LogP) is 18.5. The van der Waals surface area contributed by atoms with Gasteiger partial charge in [-0.05, 0) is 154 Å².